The molecule has 1 unspecified atom stereocenters. The second-order valence-electron chi connectivity index (χ2n) is 3.75. The predicted octanol–water partition coefficient (Wildman–Crippen LogP) is 1.83. The first-order valence-corrected chi connectivity index (χ1v) is 5.18. The third-order valence-electron chi connectivity index (χ3n) is 2.06. The molecular formula is C8H20NS+. The van der Waals surface area contributed by atoms with Gasteiger partial charge in [0.2, 0.25) is 0 Å². The highest BCUT2D eigenvalue weighted by Crippen LogP contribution is 2.09. The molecule has 0 aromatic heterocycles. The molecule has 0 aromatic rings. The maximum Gasteiger partial charge on any atom is 0.0863 e. The van der Waals surface area contributed by atoms with Gasteiger partial charge in [-0.3, -0.25) is 0 Å². The molecule has 1 nitrogen and oxygen atoms in total. The lowest BCUT2D eigenvalue weighted by Gasteiger charge is -2.31. The van der Waals surface area contributed by atoms with Crippen molar-refractivity contribution in [2.45, 2.75) is 19.4 Å². The van der Waals surface area contributed by atoms with E-state index in [1.54, 1.807) is 0 Å². The zero-order valence-electron chi connectivity index (χ0n) is 7.85. The molecule has 0 radical (unpaired) electrons. The van der Waals surface area contributed by atoms with Crippen LogP contribution < -0.4 is 0 Å². The van der Waals surface area contributed by atoms with Gasteiger partial charge < -0.3 is 4.48 Å². The van der Waals surface area contributed by atoms with Gasteiger partial charge in [-0.2, -0.15) is 11.8 Å². The first-order valence-electron chi connectivity index (χ1n) is 3.78. The minimum absolute atomic E-state index is 0.785. The first-order chi connectivity index (χ1) is 4.48. The van der Waals surface area contributed by atoms with Gasteiger partial charge in [0.05, 0.1) is 27.2 Å². The Balaban J connectivity index is 3.52. The molecule has 0 aliphatic heterocycles. The highest BCUT2D eigenvalue weighted by molar-refractivity contribution is 7.98. The van der Waals surface area contributed by atoms with Crippen LogP contribution in [-0.2, 0) is 0 Å². The van der Waals surface area contributed by atoms with Gasteiger partial charge in [0.1, 0.15) is 0 Å². The standard InChI is InChI=1S/C8H20NS/c1-8(6-7-10-5)9(2,3)4/h8H,6-7H2,1-5H3/q+1. The molecular weight excluding hydrogens is 142 g/mol. The van der Waals surface area contributed by atoms with Gasteiger partial charge in [-0.05, 0) is 18.9 Å². The summed E-state index contributed by atoms with van der Waals surface area (Å²) in [6.45, 7) is 2.32. The zero-order valence-corrected chi connectivity index (χ0v) is 8.66. The molecule has 0 spiro atoms. The van der Waals surface area contributed by atoms with E-state index < -0.39 is 0 Å². The number of rotatable bonds is 4. The van der Waals surface area contributed by atoms with Crippen molar-refractivity contribution >= 4 is 11.8 Å². The molecule has 0 bridgehead atoms. The second-order valence-corrected chi connectivity index (χ2v) is 4.73. The average Bonchev–Trinajstić information content (AvgIpc) is 1.80. The fraction of sp³-hybridized carbons (Fsp3) is 1.00. The monoisotopic (exact) mass is 162 g/mol. The Morgan fingerprint density at radius 3 is 2.10 bits per heavy atom. The molecule has 0 fully saturated rings. The normalized spacial score (nSPS) is 15.3. The largest absolute Gasteiger partial charge is 0.329 e. The summed E-state index contributed by atoms with van der Waals surface area (Å²) < 4.78 is 1.08. The van der Waals surface area contributed by atoms with E-state index in [0.29, 0.717) is 0 Å². The lowest BCUT2D eigenvalue weighted by atomic mass is 10.2. The highest BCUT2D eigenvalue weighted by atomic mass is 32.2. The summed E-state index contributed by atoms with van der Waals surface area (Å²) in [6.07, 6.45) is 3.49. The molecule has 0 rings (SSSR count). The van der Waals surface area contributed by atoms with E-state index in [1.165, 1.54) is 12.2 Å². The summed E-state index contributed by atoms with van der Waals surface area (Å²) in [4.78, 5) is 0. The van der Waals surface area contributed by atoms with Crippen molar-refractivity contribution in [1.82, 2.24) is 0 Å². The van der Waals surface area contributed by atoms with Crippen molar-refractivity contribution in [3.8, 4) is 0 Å². The molecule has 0 aliphatic carbocycles. The number of nitrogens with zero attached hydrogens (tertiary/aromatic N) is 1. The van der Waals surface area contributed by atoms with Crippen LogP contribution in [0.2, 0.25) is 0 Å². The molecule has 0 saturated carbocycles. The molecule has 0 aromatic carbocycles. The zero-order chi connectivity index (χ0) is 8.20. The van der Waals surface area contributed by atoms with Crippen LogP contribution in [0, 0.1) is 0 Å². The number of hydrogen-bond donors (Lipinski definition) is 0. The van der Waals surface area contributed by atoms with Crippen LogP contribution in [0.5, 0.6) is 0 Å². The van der Waals surface area contributed by atoms with Crippen molar-refractivity contribution < 1.29 is 4.48 Å². The fourth-order valence-electron chi connectivity index (χ4n) is 0.676. The Kier molecular flexibility index (Phi) is 4.37. The van der Waals surface area contributed by atoms with Crippen LogP contribution >= 0.6 is 11.8 Å². The molecule has 0 aliphatic rings. The maximum absolute atomic E-state index is 2.32. The van der Waals surface area contributed by atoms with Crippen molar-refractivity contribution in [3.05, 3.63) is 0 Å². The van der Waals surface area contributed by atoms with Crippen LogP contribution in [0.25, 0.3) is 0 Å². The van der Waals surface area contributed by atoms with Gasteiger partial charge in [0.25, 0.3) is 0 Å². The third kappa shape index (κ3) is 4.18. The molecule has 1 atom stereocenters. The molecule has 10 heavy (non-hydrogen) atoms. The minimum atomic E-state index is 0.785. The first kappa shape index (κ1) is 10.3. The molecule has 62 valence electrons. The van der Waals surface area contributed by atoms with Crippen LogP contribution in [-0.4, -0.2) is 43.7 Å². The lowest BCUT2D eigenvalue weighted by molar-refractivity contribution is -0.894. The van der Waals surface area contributed by atoms with E-state index >= 15 is 0 Å². The van der Waals surface area contributed by atoms with Crippen molar-refractivity contribution in [3.63, 3.8) is 0 Å². The second kappa shape index (κ2) is 4.24. The van der Waals surface area contributed by atoms with Gasteiger partial charge in [-0.15, -0.1) is 0 Å². The number of hydrogen-bond acceptors (Lipinski definition) is 1. The summed E-state index contributed by atoms with van der Waals surface area (Å²) in [5.41, 5.74) is 0. The number of thioether (sulfide) groups is 1. The molecule has 2 heteroatoms. The summed E-state index contributed by atoms with van der Waals surface area (Å²) in [5, 5.41) is 0. The Morgan fingerprint density at radius 1 is 1.30 bits per heavy atom. The van der Waals surface area contributed by atoms with E-state index in [1.807, 2.05) is 11.8 Å². The smallest absolute Gasteiger partial charge is 0.0863 e. The van der Waals surface area contributed by atoms with Gasteiger partial charge in [0.15, 0.2) is 0 Å². The van der Waals surface area contributed by atoms with E-state index in [0.717, 1.165) is 10.5 Å². The van der Waals surface area contributed by atoms with E-state index in [-0.39, 0.29) is 0 Å². The Bertz CT molecular complexity index is 85.7. The summed E-state index contributed by atoms with van der Waals surface area (Å²) >= 11 is 1.94. The molecule has 0 heterocycles. The van der Waals surface area contributed by atoms with Crippen molar-refractivity contribution in [2.24, 2.45) is 0 Å². The SMILES string of the molecule is CSCCC(C)[N+](C)(C)C. The Morgan fingerprint density at radius 2 is 1.80 bits per heavy atom. The third-order valence-corrected chi connectivity index (χ3v) is 2.71. The summed E-state index contributed by atoms with van der Waals surface area (Å²) in [5.74, 6) is 1.29. The molecule has 0 N–H and O–H groups in total. The predicted molar refractivity (Wildman–Crippen MR) is 50.5 cm³/mol. The quantitative estimate of drug-likeness (QED) is 0.568. The maximum atomic E-state index is 2.32. The van der Waals surface area contributed by atoms with Gasteiger partial charge >= 0.3 is 0 Å². The minimum Gasteiger partial charge on any atom is -0.329 e. The van der Waals surface area contributed by atoms with Crippen LogP contribution in [0.1, 0.15) is 13.3 Å². The van der Waals surface area contributed by atoms with Gasteiger partial charge in [0, 0.05) is 6.42 Å². The van der Waals surface area contributed by atoms with Crippen molar-refractivity contribution in [1.29, 1.82) is 0 Å². The fourth-order valence-corrected chi connectivity index (χ4v) is 1.25. The Hall–Kier alpha value is 0.310. The van der Waals surface area contributed by atoms with Crippen LogP contribution in [0.4, 0.5) is 0 Å². The summed E-state index contributed by atoms with van der Waals surface area (Å²) in [6, 6.07) is 0.785. The lowest BCUT2D eigenvalue weighted by Crippen LogP contribution is -2.43. The van der Waals surface area contributed by atoms with Gasteiger partial charge in [-0.25, -0.2) is 0 Å². The van der Waals surface area contributed by atoms with E-state index in [2.05, 4.69) is 34.3 Å². The van der Waals surface area contributed by atoms with E-state index in [9.17, 15) is 0 Å². The van der Waals surface area contributed by atoms with Crippen LogP contribution in [0.15, 0.2) is 0 Å². The van der Waals surface area contributed by atoms with Crippen LogP contribution in [0.3, 0.4) is 0 Å². The Labute approximate surface area is 69.4 Å². The molecule has 0 amide bonds. The number of quaternary nitrogens is 1. The summed E-state index contributed by atoms with van der Waals surface area (Å²) in [7, 11) is 6.76. The highest BCUT2D eigenvalue weighted by Gasteiger charge is 2.16. The average molecular weight is 162 g/mol. The van der Waals surface area contributed by atoms with E-state index in [4.69, 9.17) is 0 Å². The van der Waals surface area contributed by atoms with Crippen molar-refractivity contribution in [2.75, 3.05) is 33.2 Å². The topological polar surface area (TPSA) is 0 Å². The molecule has 0 saturated heterocycles. The van der Waals surface area contributed by atoms with Gasteiger partial charge in [-0.1, -0.05) is 0 Å².